The van der Waals surface area contributed by atoms with Crippen molar-refractivity contribution in [3.63, 3.8) is 0 Å². The van der Waals surface area contributed by atoms with Crippen LogP contribution in [0.2, 0.25) is 0 Å². The van der Waals surface area contributed by atoms with Gasteiger partial charge in [-0.05, 0) is 35.9 Å². The number of carbonyl (C=O) groups is 3. The Hall–Kier alpha value is -4.98. The summed E-state index contributed by atoms with van der Waals surface area (Å²) in [7, 11) is 0. The van der Waals surface area contributed by atoms with Crippen molar-refractivity contribution in [2.45, 2.75) is 13.5 Å². The fraction of sp³-hybridized carbons (Fsp3) is 0.103. The number of hydrogen-bond acceptors (Lipinski definition) is 5. The van der Waals surface area contributed by atoms with Gasteiger partial charge < -0.3 is 15.4 Å². The normalized spacial score (nSPS) is 10.7. The van der Waals surface area contributed by atoms with E-state index in [1.54, 1.807) is 30.3 Å². The van der Waals surface area contributed by atoms with E-state index in [1.165, 1.54) is 13.0 Å². The highest BCUT2D eigenvalue weighted by atomic mass is 16.5. The monoisotopic (exact) mass is 494 g/mol. The number of benzene rings is 3. The number of ether oxygens (including phenoxy) is 1. The van der Waals surface area contributed by atoms with E-state index in [4.69, 9.17) is 9.84 Å². The predicted molar refractivity (Wildman–Crippen MR) is 143 cm³/mol. The Morgan fingerprint density at radius 3 is 2.14 bits per heavy atom. The first-order valence-electron chi connectivity index (χ1n) is 11.7. The molecule has 186 valence electrons. The zero-order chi connectivity index (χ0) is 26.0. The maximum absolute atomic E-state index is 12.3. The summed E-state index contributed by atoms with van der Waals surface area (Å²) in [6.45, 7) is 1.57. The zero-order valence-corrected chi connectivity index (χ0v) is 20.3. The summed E-state index contributed by atoms with van der Waals surface area (Å²) < 4.78 is 6.93. The summed E-state index contributed by atoms with van der Waals surface area (Å²) in [5, 5.41) is 10.0. The summed E-state index contributed by atoms with van der Waals surface area (Å²) in [4.78, 5) is 35.6. The second-order valence-electron chi connectivity index (χ2n) is 8.23. The molecule has 1 aromatic heterocycles. The van der Waals surface area contributed by atoms with Gasteiger partial charge in [0.2, 0.25) is 5.91 Å². The van der Waals surface area contributed by atoms with Crippen molar-refractivity contribution >= 4 is 35.2 Å². The molecule has 2 amide bonds. The summed E-state index contributed by atoms with van der Waals surface area (Å²) >= 11 is 0. The molecule has 0 bridgehead atoms. The minimum absolute atomic E-state index is 0.184. The van der Waals surface area contributed by atoms with Gasteiger partial charge in [-0.3, -0.25) is 14.3 Å². The lowest BCUT2D eigenvalue weighted by Crippen LogP contribution is -2.20. The number of anilines is 2. The number of amides is 2. The third-order valence-electron chi connectivity index (χ3n) is 5.26. The highest BCUT2D eigenvalue weighted by Crippen LogP contribution is 2.23. The first-order valence-corrected chi connectivity index (χ1v) is 11.7. The minimum atomic E-state index is -0.647. The van der Waals surface area contributed by atoms with Crippen molar-refractivity contribution in [2.75, 3.05) is 17.2 Å². The summed E-state index contributed by atoms with van der Waals surface area (Å²) in [6.07, 6.45) is 4.79. The lowest BCUT2D eigenvalue weighted by molar-refractivity contribution is -0.142. The molecule has 0 aliphatic carbocycles. The van der Waals surface area contributed by atoms with Crippen LogP contribution in [0.15, 0.2) is 97.2 Å². The van der Waals surface area contributed by atoms with Gasteiger partial charge in [0.15, 0.2) is 6.61 Å². The number of esters is 1. The van der Waals surface area contributed by atoms with Crippen molar-refractivity contribution in [3.8, 4) is 11.3 Å². The SMILES string of the molecule is CC(=O)Nc1ccc(NC(=O)COC(=O)/C=C/c2cn(Cc3ccccc3)nc2-c2ccccc2)cc1. The molecule has 37 heavy (non-hydrogen) atoms. The molecule has 0 radical (unpaired) electrons. The van der Waals surface area contributed by atoms with Crippen molar-refractivity contribution in [3.05, 3.63) is 108 Å². The molecule has 1 heterocycles. The Kier molecular flexibility index (Phi) is 8.23. The second-order valence-corrected chi connectivity index (χ2v) is 8.23. The predicted octanol–water partition coefficient (Wildman–Crippen LogP) is 4.75. The molecule has 4 aromatic rings. The number of carbonyl (C=O) groups excluding carboxylic acids is 3. The third kappa shape index (κ3) is 7.50. The Bertz CT molecular complexity index is 1400. The molecule has 0 aliphatic rings. The molecule has 0 aliphatic heterocycles. The van der Waals surface area contributed by atoms with Gasteiger partial charge in [0.05, 0.1) is 12.2 Å². The highest BCUT2D eigenvalue weighted by molar-refractivity contribution is 5.95. The lowest BCUT2D eigenvalue weighted by atomic mass is 10.1. The molecule has 0 saturated heterocycles. The molecule has 0 fully saturated rings. The Morgan fingerprint density at radius 2 is 1.49 bits per heavy atom. The Morgan fingerprint density at radius 1 is 0.865 bits per heavy atom. The number of aromatic nitrogens is 2. The Balaban J connectivity index is 1.37. The number of nitrogens with zero attached hydrogens (tertiary/aromatic N) is 2. The van der Waals surface area contributed by atoms with Gasteiger partial charge in [0.25, 0.3) is 5.91 Å². The third-order valence-corrected chi connectivity index (χ3v) is 5.26. The van der Waals surface area contributed by atoms with Crippen LogP contribution in [0, 0.1) is 0 Å². The fourth-order valence-electron chi connectivity index (χ4n) is 3.61. The zero-order valence-electron chi connectivity index (χ0n) is 20.3. The molecule has 0 unspecified atom stereocenters. The largest absolute Gasteiger partial charge is 0.452 e. The molecule has 4 rings (SSSR count). The van der Waals surface area contributed by atoms with E-state index < -0.39 is 18.5 Å². The maximum atomic E-state index is 12.3. The summed E-state index contributed by atoms with van der Waals surface area (Å²) in [5.41, 5.74) is 4.65. The van der Waals surface area contributed by atoms with Crippen molar-refractivity contribution in [2.24, 2.45) is 0 Å². The van der Waals surface area contributed by atoms with E-state index in [9.17, 15) is 14.4 Å². The molecular formula is C29H26N4O4. The molecule has 3 aromatic carbocycles. The van der Waals surface area contributed by atoms with E-state index in [0.29, 0.717) is 17.9 Å². The van der Waals surface area contributed by atoms with Gasteiger partial charge in [0, 0.05) is 41.7 Å². The summed E-state index contributed by atoms with van der Waals surface area (Å²) in [6, 6.07) is 26.3. The van der Waals surface area contributed by atoms with E-state index in [0.717, 1.165) is 22.4 Å². The van der Waals surface area contributed by atoms with Crippen LogP contribution in [0.4, 0.5) is 11.4 Å². The molecule has 0 saturated carbocycles. The lowest BCUT2D eigenvalue weighted by Gasteiger charge is -2.07. The van der Waals surface area contributed by atoms with Crippen LogP contribution in [-0.2, 0) is 25.7 Å². The minimum Gasteiger partial charge on any atom is -0.452 e. The van der Waals surface area contributed by atoms with E-state index in [2.05, 4.69) is 10.6 Å². The van der Waals surface area contributed by atoms with E-state index in [-0.39, 0.29) is 5.91 Å². The van der Waals surface area contributed by atoms with Gasteiger partial charge in [0.1, 0.15) is 0 Å². The highest BCUT2D eigenvalue weighted by Gasteiger charge is 2.11. The maximum Gasteiger partial charge on any atom is 0.331 e. The average molecular weight is 495 g/mol. The fourth-order valence-corrected chi connectivity index (χ4v) is 3.61. The van der Waals surface area contributed by atoms with Crippen LogP contribution < -0.4 is 10.6 Å². The summed E-state index contributed by atoms with van der Waals surface area (Å²) in [5.74, 6) is -1.31. The smallest absolute Gasteiger partial charge is 0.331 e. The number of nitrogens with one attached hydrogen (secondary N) is 2. The average Bonchev–Trinajstić information content (AvgIpc) is 3.30. The quantitative estimate of drug-likeness (QED) is 0.258. The van der Waals surface area contributed by atoms with Crippen LogP contribution in [0.5, 0.6) is 0 Å². The molecule has 2 N–H and O–H groups in total. The molecule has 8 nitrogen and oxygen atoms in total. The van der Waals surface area contributed by atoms with Gasteiger partial charge in [-0.2, -0.15) is 5.10 Å². The topological polar surface area (TPSA) is 102 Å². The molecular weight excluding hydrogens is 468 g/mol. The van der Waals surface area contributed by atoms with Crippen LogP contribution in [0.3, 0.4) is 0 Å². The van der Waals surface area contributed by atoms with Crippen LogP contribution in [0.25, 0.3) is 17.3 Å². The van der Waals surface area contributed by atoms with Crippen LogP contribution >= 0.6 is 0 Å². The standard InChI is InChI=1S/C29H26N4O4/c1-21(34)30-25-13-15-26(16-14-25)31-27(35)20-37-28(36)17-12-24-19-33(18-22-8-4-2-5-9-22)32-29(24)23-10-6-3-7-11-23/h2-17,19H,18,20H2,1H3,(H,30,34)(H,31,35)/b17-12+. The van der Waals surface area contributed by atoms with Gasteiger partial charge >= 0.3 is 5.97 Å². The molecule has 8 heteroatoms. The molecule has 0 spiro atoms. The molecule has 0 atom stereocenters. The van der Waals surface area contributed by atoms with Crippen LogP contribution in [-0.4, -0.2) is 34.2 Å². The van der Waals surface area contributed by atoms with E-state index in [1.807, 2.05) is 71.5 Å². The van der Waals surface area contributed by atoms with Crippen molar-refractivity contribution in [1.82, 2.24) is 9.78 Å². The first-order chi connectivity index (χ1) is 18.0. The second kappa shape index (κ2) is 12.1. The van der Waals surface area contributed by atoms with Crippen molar-refractivity contribution < 1.29 is 19.1 Å². The Labute approximate surface area is 214 Å². The number of hydrogen-bond donors (Lipinski definition) is 2. The van der Waals surface area contributed by atoms with Crippen LogP contribution in [0.1, 0.15) is 18.1 Å². The van der Waals surface area contributed by atoms with Gasteiger partial charge in [-0.1, -0.05) is 60.7 Å². The van der Waals surface area contributed by atoms with Gasteiger partial charge in [-0.25, -0.2) is 4.79 Å². The van der Waals surface area contributed by atoms with Gasteiger partial charge in [-0.15, -0.1) is 0 Å². The van der Waals surface area contributed by atoms with E-state index >= 15 is 0 Å². The van der Waals surface area contributed by atoms with Crippen molar-refractivity contribution in [1.29, 1.82) is 0 Å². The number of rotatable bonds is 9. The first kappa shape index (κ1) is 25.1.